The number of para-hydroxylation sites is 2. The first-order valence-electron chi connectivity index (χ1n) is 7.95. The maximum atomic E-state index is 12.5. The Labute approximate surface area is 150 Å². The average Bonchev–Trinajstić information content (AvgIpc) is 2.63. The van der Waals surface area contributed by atoms with Crippen molar-refractivity contribution < 1.29 is 4.79 Å². The lowest BCUT2D eigenvalue weighted by atomic mass is 10.2. The fourth-order valence-corrected chi connectivity index (χ4v) is 2.43. The molecule has 0 aliphatic rings. The summed E-state index contributed by atoms with van der Waals surface area (Å²) in [6, 6.07) is 14.6. The van der Waals surface area contributed by atoms with Crippen LogP contribution in [-0.2, 0) is 0 Å². The van der Waals surface area contributed by atoms with Gasteiger partial charge in [0.25, 0.3) is 5.91 Å². The van der Waals surface area contributed by atoms with Gasteiger partial charge in [0.15, 0.2) is 11.5 Å². The first-order valence-corrected chi connectivity index (χ1v) is 8.33. The van der Waals surface area contributed by atoms with Gasteiger partial charge in [-0.25, -0.2) is 9.97 Å². The zero-order valence-corrected chi connectivity index (χ0v) is 14.3. The Bertz CT molecular complexity index is 882. The SMILES string of the molecule is NCCCNC(=O)c1nc2ccccc2nc1Nc1ccc(Cl)cc1. The highest BCUT2D eigenvalue weighted by atomic mass is 35.5. The Morgan fingerprint density at radius 3 is 2.40 bits per heavy atom. The molecule has 0 radical (unpaired) electrons. The molecule has 2 aromatic carbocycles. The number of nitrogens with zero attached hydrogens (tertiary/aromatic N) is 2. The van der Waals surface area contributed by atoms with Crippen LogP contribution in [0.3, 0.4) is 0 Å². The monoisotopic (exact) mass is 355 g/mol. The minimum Gasteiger partial charge on any atom is -0.351 e. The molecule has 0 saturated heterocycles. The summed E-state index contributed by atoms with van der Waals surface area (Å²) in [6.07, 6.45) is 0.701. The zero-order chi connectivity index (χ0) is 17.6. The van der Waals surface area contributed by atoms with Gasteiger partial charge in [0, 0.05) is 17.3 Å². The van der Waals surface area contributed by atoms with Gasteiger partial charge in [-0.3, -0.25) is 4.79 Å². The second-order valence-electron chi connectivity index (χ2n) is 5.44. The van der Waals surface area contributed by atoms with E-state index in [1.54, 1.807) is 12.1 Å². The number of amides is 1. The van der Waals surface area contributed by atoms with Gasteiger partial charge in [0.05, 0.1) is 11.0 Å². The maximum absolute atomic E-state index is 12.5. The summed E-state index contributed by atoms with van der Waals surface area (Å²) >= 11 is 5.92. The molecule has 1 heterocycles. The van der Waals surface area contributed by atoms with Crippen LogP contribution in [0.5, 0.6) is 0 Å². The third kappa shape index (κ3) is 4.23. The van der Waals surface area contributed by atoms with E-state index in [2.05, 4.69) is 20.6 Å². The third-order valence-corrected chi connectivity index (χ3v) is 3.81. The second kappa shape index (κ2) is 7.92. The molecule has 25 heavy (non-hydrogen) atoms. The van der Waals surface area contributed by atoms with E-state index in [4.69, 9.17) is 17.3 Å². The molecule has 0 aliphatic heterocycles. The van der Waals surface area contributed by atoms with E-state index in [1.165, 1.54) is 0 Å². The fraction of sp³-hybridized carbons (Fsp3) is 0.167. The lowest BCUT2D eigenvalue weighted by molar-refractivity contribution is 0.0949. The van der Waals surface area contributed by atoms with Crippen molar-refractivity contribution in [2.45, 2.75) is 6.42 Å². The number of hydrogen-bond acceptors (Lipinski definition) is 5. The average molecular weight is 356 g/mol. The molecule has 0 aliphatic carbocycles. The fourth-order valence-electron chi connectivity index (χ4n) is 2.30. The van der Waals surface area contributed by atoms with Gasteiger partial charge in [-0.05, 0) is 49.4 Å². The van der Waals surface area contributed by atoms with Crippen molar-refractivity contribution in [2.75, 3.05) is 18.4 Å². The lowest BCUT2D eigenvalue weighted by Crippen LogP contribution is -2.27. The van der Waals surface area contributed by atoms with Crippen LogP contribution in [-0.4, -0.2) is 29.0 Å². The van der Waals surface area contributed by atoms with E-state index in [0.717, 1.165) is 5.69 Å². The minimum absolute atomic E-state index is 0.241. The Morgan fingerprint density at radius 1 is 1.04 bits per heavy atom. The van der Waals surface area contributed by atoms with Gasteiger partial charge >= 0.3 is 0 Å². The van der Waals surface area contributed by atoms with Crippen molar-refractivity contribution in [3.63, 3.8) is 0 Å². The number of carbonyl (C=O) groups is 1. The zero-order valence-electron chi connectivity index (χ0n) is 13.5. The molecule has 0 spiro atoms. The summed E-state index contributed by atoms with van der Waals surface area (Å²) in [5.41, 5.74) is 7.85. The second-order valence-corrected chi connectivity index (χ2v) is 5.88. The molecule has 128 valence electrons. The van der Waals surface area contributed by atoms with Gasteiger partial charge < -0.3 is 16.4 Å². The summed E-state index contributed by atoms with van der Waals surface area (Å²) in [5.74, 6) is 0.106. The number of benzene rings is 2. The highest BCUT2D eigenvalue weighted by molar-refractivity contribution is 6.30. The first kappa shape index (κ1) is 17.1. The number of rotatable bonds is 6. The van der Waals surface area contributed by atoms with Crippen molar-refractivity contribution in [1.29, 1.82) is 0 Å². The number of anilines is 2. The smallest absolute Gasteiger partial charge is 0.273 e. The van der Waals surface area contributed by atoms with Gasteiger partial charge in [0.2, 0.25) is 0 Å². The number of nitrogens with two attached hydrogens (primary N) is 1. The third-order valence-electron chi connectivity index (χ3n) is 3.56. The van der Waals surface area contributed by atoms with Crippen LogP contribution in [0.4, 0.5) is 11.5 Å². The van der Waals surface area contributed by atoms with Crippen molar-refractivity contribution in [3.8, 4) is 0 Å². The molecule has 1 amide bonds. The summed E-state index contributed by atoms with van der Waals surface area (Å²) in [4.78, 5) is 21.5. The predicted molar refractivity (Wildman–Crippen MR) is 100 cm³/mol. The summed E-state index contributed by atoms with van der Waals surface area (Å²) in [5, 5.41) is 6.60. The van der Waals surface area contributed by atoms with Gasteiger partial charge in [0.1, 0.15) is 0 Å². The van der Waals surface area contributed by atoms with E-state index in [1.807, 2.05) is 36.4 Å². The first-order chi connectivity index (χ1) is 12.2. The van der Waals surface area contributed by atoms with Crippen LogP contribution >= 0.6 is 11.6 Å². The molecular formula is C18H18ClN5O. The van der Waals surface area contributed by atoms with Crippen molar-refractivity contribution >= 4 is 40.0 Å². The molecular weight excluding hydrogens is 338 g/mol. The maximum Gasteiger partial charge on any atom is 0.273 e. The molecule has 6 nitrogen and oxygen atoms in total. The molecule has 7 heteroatoms. The van der Waals surface area contributed by atoms with E-state index < -0.39 is 0 Å². The molecule has 0 saturated carbocycles. The minimum atomic E-state index is -0.289. The van der Waals surface area contributed by atoms with Crippen molar-refractivity contribution in [1.82, 2.24) is 15.3 Å². The van der Waals surface area contributed by atoms with E-state index in [9.17, 15) is 4.79 Å². The summed E-state index contributed by atoms with van der Waals surface area (Å²) < 4.78 is 0. The standard InChI is InChI=1S/C18H18ClN5O/c19-12-6-8-13(9-7-12)22-17-16(18(25)21-11-3-10-20)23-14-4-1-2-5-15(14)24-17/h1-2,4-9H,3,10-11,20H2,(H,21,25)(H,22,24). The number of carbonyl (C=O) groups excluding carboxylic acids is 1. The van der Waals surface area contributed by atoms with Crippen LogP contribution in [0.2, 0.25) is 5.02 Å². The molecule has 0 unspecified atom stereocenters. The van der Waals surface area contributed by atoms with E-state index in [0.29, 0.717) is 41.4 Å². The van der Waals surface area contributed by atoms with Gasteiger partial charge in [-0.2, -0.15) is 0 Å². The quantitative estimate of drug-likeness (QED) is 0.591. The molecule has 0 fully saturated rings. The number of aromatic nitrogens is 2. The number of fused-ring (bicyclic) bond motifs is 1. The molecule has 3 rings (SSSR count). The molecule has 4 N–H and O–H groups in total. The molecule has 1 aromatic heterocycles. The highest BCUT2D eigenvalue weighted by Crippen LogP contribution is 2.22. The topological polar surface area (TPSA) is 92.9 Å². The van der Waals surface area contributed by atoms with Crippen molar-refractivity contribution in [3.05, 3.63) is 59.2 Å². The van der Waals surface area contributed by atoms with Crippen LogP contribution in [0.25, 0.3) is 11.0 Å². The van der Waals surface area contributed by atoms with Crippen LogP contribution in [0, 0.1) is 0 Å². The Hall–Kier alpha value is -2.70. The van der Waals surface area contributed by atoms with E-state index in [-0.39, 0.29) is 11.6 Å². The van der Waals surface area contributed by atoms with Crippen molar-refractivity contribution in [2.24, 2.45) is 5.73 Å². The highest BCUT2D eigenvalue weighted by Gasteiger charge is 2.16. The molecule has 0 atom stereocenters. The summed E-state index contributed by atoms with van der Waals surface area (Å²) in [7, 11) is 0. The number of nitrogens with one attached hydrogen (secondary N) is 2. The predicted octanol–water partition coefficient (Wildman–Crippen LogP) is 3.11. The lowest BCUT2D eigenvalue weighted by Gasteiger charge is -2.12. The van der Waals surface area contributed by atoms with Crippen LogP contribution < -0.4 is 16.4 Å². The van der Waals surface area contributed by atoms with E-state index >= 15 is 0 Å². The summed E-state index contributed by atoms with van der Waals surface area (Å²) in [6.45, 7) is 1.00. The van der Waals surface area contributed by atoms with Gasteiger partial charge in [-0.1, -0.05) is 23.7 Å². The Morgan fingerprint density at radius 2 is 1.72 bits per heavy atom. The Balaban J connectivity index is 1.96. The van der Waals surface area contributed by atoms with Gasteiger partial charge in [-0.15, -0.1) is 0 Å². The van der Waals surface area contributed by atoms with Crippen LogP contribution in [0.15, 0.2) is 48.5 Å². The normalized spacial score (nSPS) is 10.6. The largest absolute Gasteiger partial charge is 0.351 e. The molecule has 0 bridgehead atoms. The number of halogens is 1. The Kier molecular flexibility index (Phi) is 5.42. The van der Waals surface area contributed by atoms with Crippen LogP contribution in [0.1, 0.15) is 16.9 Å². The number of hydrogen-bond donors (Lipinski definition) is 3. The molecule has 3 aromatic rings.